The molecule has 1 aliphatic rings. The number of rotatable bonds is 6. The van der Waals surface area contributed by atoms with Gasteiger partial charge in [-0.25, -0.2) is 0 Å². The van der Waals surface area contributed by atoms with Crippen LogP contribution in [0.4, 0.5) is 17.8 Å². The largest absolute Gasteiger partial charge is 0.396 e. The summed E-state index contributed by atoms with van der Waals surface area (Å²) < 4.78 is 0. The first-order chi connectivity index (χ1) is 9.72. The first-order valence-electron chi connectivity index (χ1n) is 7.29. The summed E-state index contributed by atoms with van der Waals surface area (Å²) in [7, 11) is 1.80. The van der Waals surface area contributed by atoms with Gasteiger partial charge in [0.1, 0.15) is 0 Å². The summed E-state index contributed by atoms with van der Waals surface area (Å²) in [4.78, 5) is 15.4. The average molecular weight is 280 g/mol. The molecular weight excluding hydrogens is 256 g/mol. The van der Waals surface area contributed by atoms with Gasteiger partial charge in [-0.1, -0.05) is 0 Å². The predicted octanol–water partition coefficient (Wildman–Crippen LogP) is 1.09. The number of hydrogen-bond acceptors (Lipinski definition) is 7. The van der Waals surface area contributed by atoms with Crippen LogP contribution in [0, 0.1) is 0 Å². The number of piperidine rings is 1. The van der Waals surface area contributed by atoms with E-state index in [1.807, 2.05) is 6.92 Å². The zero-order valence-corrected chi connectivity index (χ0v) is 12.3. The summed E-state index contributed by atoms with van der Waals surface area (Å²) in [6.07, 6.45) is 4.31. The van der Waals surface area contributed by atoms with Gasteiger partial charge < -0.3 is 20.6 Å². The van der Waals surface area contributed by atoms with Crippen LogP contribution < -0.4 is 15.5 Å². The molecule has 2 rings (SSSR count). The lowest BCUT2D eigenvalue weighted by Gasteiger charge is -2.27. The zero-order chi connectivity index (χ0) is 14.4. The number of aromatic nitrogens is 3. The van der Waals surface area contributed by atoms with Crippen molar-refractivity contribution in [3.8, 4) is 0 Å². The fourth-order valence-corrected chi connectivity index (χ4v) is 2.26. The Labute approximate surface area is 119 Å². The first kappa shape index (κ1) is 14.8. The van der Waals surface area contributed by atoms with Crippen molar-refractivity contribution in [1.29, 1.82) is 0 Å². The highest BCUT2D eigenvalue weighted by Crippen LogP contribution is 2.18. The molecule has 7 heteroatoms. The standard InChI is InChI=1S/C13H24N6O/c1-10(6-9-20)15-12-16-11(14-2)17-13(18-12)19-7-4-3-5-8-19/h10,20H,3-9H2,1-2H3,(H2,14,15,16,17,18). The third-order valence-corrected chi connectivity index (χ3v) is 3.42. The van der Waals surface area contributed by atoms with Gasteiger partial charge >= 0.3 is 0 Å². The molecule has 1 unspecified atom stereocenters. The molecule has 2 heterocycles. The lowest BCUT2D eigenvalue weighted by molar-refractivity contribution is 0.282. The Morgan fingerprint density at radius 2 is 1.85 bits per heavy atom. The summed E-state index contributed by atoms with van der Waals surface area (Å²) >= 11 is 0. The monoisotopic (exact) mass is 280 g/mol. The van der Waals surface area contributed by atoms with Crippen molar-refractivity contribution < 1.29 is 5.11 Å². The first-order valence-corrected chi connectivity index (χ1v) is 7.29. The molecule has 112 valence electrons. The average Bonchev–Trinajstić information content (AvgIpc) is 2.48. The third kappa shape index (κ3) is 3.93. The summed E-state index contributed by atoms with van der Waals surface area (Å²) in [5.74, 6) is 1.85. The number of hydrogen-bond donors (Lipinski definition) is 3. The van der Waals surface area contributed by atoms with E-state index in [0.717, 1.165) is 19.0 Å². The van der Waals surface area contributed by atoms with Gasteiger partial charge in [0.15, 0.2) is 0 Å². The molecule has 3 N–H and O–H groups in total. The Morgan fingerprint density at radius 3 is 2.50 bits per heavy atom. The van der Waals surface area contributed by atoms with Crippen LogP contribution >= 0.6 is 0 Å². The lowest BCUT2D eigenvalue weighted by atomic mass is 10.1. The predicted molar refractivity (Wildman–Crippen MR) is 80.2 cm³/mol. The second-order valence-corrected chi connectivity index (χ2v) is 5.14. The van der Waals surface area contributed by atoms with Gasteiger partial charge in [0.2, 0.25) is 17.8 Å². The molecule has 1 saturated heterocycles. The third-order valence-electron chi connectivity index (χ3n) is 3.42. The second-order valence-electron chi connectivity index (χ2n) is 5.14. The van der Waals surface area contributed by atoms with Crippen molar-refractivity contribution >= 4 is 17.8 Å². The smallest absolute Gasteiger partial charge is 0.231 e. The highest BCUT2D eigenvalue weighted by Gasteiger charge is 2.16. The van der Waals surface area contributed by atoms with Crippen LogP contribution in [0.1, 0.15) is 32.6 Å². The molecule has 0 bridgehead atoms. The van der Waals surface area contributed by atoms with Gasteiger partial charge in [-0.2, -0.15) is 15.0 Å². The van der Waals surface area contributed by atoms with E-state index in [9.17, 15) is 0 Å². The molecule has 0 radical (unpaired) electrons. The van der Waals surface area contributed by atoms with Crippen molar-refractivity contribution in [1.82, 2.24) is 15.0 Å². The minimum Gasteiger partial charge on any atom is -0.396 e. The molecule has 0 amide bonds. The Kier molecular flexibility index (Phi) is 5.34. The summed E-state index contributed by atoms with van der Waals surface area (Å²) in [6.45, 7) is 4.15. The molecule has 0 spiro atoms. The van der Waals surface area contributed by atoms with E-state index in [1.165, 1.54) is 19.3 Å². The van der Waals surface area contributed by atoms with Crippen LogP contribution in [-0.4, -0.2) is 52.8 Å². The Hall–Kier alpha value is -1.63. The van der Waals surface area contributed by atoms with Crippen molar-refractivity contribution in [2.45, 2.75) is 38.6 Å². The van der Waals surface area contributed by atoms with Crippen LogP contribution in [0.2, 0.25) is 0 Å². The van der Waals surface area contributed by atoms with E-state index in [4.69, 9.17) is 5.11 Å². The zero-order valence-electron chi connectivity index (χ0n) is 12.3. The van der Waals surface area contributed by atoms with Gasteiger partial charge in [0, 0.05) is 32.8 Å². The summed E-state index contributed by atoms with van der Waals surface area (Å²) in [5.41, 5.74) is 0. The topological polar surface area (TPSA) is 86.2 Å². The molecule has 1 aliphatic heterocycles. The van der Waals surface area contributed by atoms with Crippen LogP contribution in [0.25, 0.3) is 0 Å². The number of aliphatic hydroxyl groups is 1. The molecule has 0 aliphatic carbocycles. The van der Waals surface area contributed by atoms with E-state index in [-0.39, 0.29) is 12.6 Å². The highest BCUT2D eigenvalue weighted by molar-refractivity contribution is 5.44. The van der Waals surface area contributed by atoms with Crippen LogP contribution in [0.5, 0.6) is 0 Å². The van der Waals surface area contributed by atoms with E-state index in [2.05, 4.69) is 30.5 Å². The molecular formula is C13H24N6O. The maximum absolute atomic E-state index is 8.96. The summed E-state index contributed by atoms with van der Waals surface area (Å²) in [6, 6.07) is 0.126. The lowest BCUT2D eigenvalue weighted by Crippen LogP contribution is -2.31. The van der Waals surface area contributed by atoms with Crippen LogP contribution in [0.15, 0.2) is 0 Å². The van der Waals surface area contributed by atoms with E-state index in [0.29, 0.717) is 18.3 Å². The second kappa shape index (κ2) is 7.23. The molecule has 1 aromatic rings. The number of nitrogens with zero attached hydrogens (tertiary/aromatic N) is 4. The molecule has 20 heavy (non-hydrogen) atoms. The maximum Gasteiger partial charge on any atom is 0.231 e. The van der Waals surface area contributed by atoms with E-state index >= 15 is 0 Å². The minimum absolute atomic E-state index is 0.126. The van der Waals surface area contributed by atoms with Crippen molar-refractivity contribution in [3.05, 3.63) is 0 Å². The Balaban J connectivity index is 2.14. The summed E-state index contributed by atoms with van der Waals surface area (Å²) in [5, 5.41) is 15.1. The van der Waals surface area contributed by atoms with Gasteiger partial charge in [-0.3, -0.25) is 0 Å². The number of aliphatic hydroxyl groups excluding tert-OH is 1. The van der Waals surface area contributed by atoms with Gasteiger partial charge in [-0.05, 0) is 32.6 Å². The van der Waals surface area contributed by atoms with Gasteiger partial charge in [-0.15, -0.1) is 0 Å². The van der Waals surface area contributed by atoms with Gasteiger partial charge in [0.05, 0.1) is 0 Å². The Bertz CT molecular complexity index is 421. The van der Waals surface area contributed by atoms with Crippen molar-refractivity contribution in [3.63, 3.8) is 0 Å². The molecule has 7 nitrogen and oxygen atoms in total. The molecule has 0 aromatic carbocycles. The molecule has 1 aromatic heterocycles. The van der Waals surface area contributed by atoms with Crippen LogP contribution in [-0.2, 0) is 0 Å². The van der Waals surface area contributed by atoms with Crippen LogP contribution in [0.3, 0.4) is 0 Å². The number of anilines is 3. The Morgan fingerprint density at radius 1 is 1.15 bits per heavy atom. The normalized spacial score (nSPS) is 16.9. The molecule has 1 fully saturated rings. The highest BCUT2D eigenvalue weighted by atomic mass is 16.3. The number of nitrogens with one attached hydrogen (secondary N) is 2. The maximum atomic E-state index is 8.96. The fraction of sp³-hybridized carbons (Fsp3) is 0.769. The van der Waals surface area contributed by atoms with Crippen molar-refractivity contribution in [2.24, 2.45) is 0 Å². The minimum atomic E-state index is 0.126. The van der Waals surface area contributed by atoms with E-state index < -0.39 is 0 Å². The van der Waals surface area contributed by atoms with Gasteiger partial charge in [0.25, 0.3) is 0 Å². The van der Waals surface area contributed by atoms with Crippen molar-refractivity contribution in [2.75, 3.05) is 42.3 Å². The molecule has 1 atom stereocenters. The molecule has 0 saturated carbocycles. The SMILES string of the molecule is CNc1nc(NC(C)CCO)nc(N2CCCCC2)n1. The van der Waals surface area contributed by atoms with E-state index in [1.54, 1.807) is 7.05 Å². The fourth-order valence-electron chi connectivity index (χ4n) is 2.26. The quantitative estimate of drug-likeness (QED) is 0.719.